The van der Waals surface area contributed by atoms with Crippen LogP contribution in [0.4, 0.5) is 5.69 Å². The minimum atomic E-state index is -1.50. The third kappa shape index (κ3) is 1.48. The molecule has 0 aliphatic rings. The number of fused-ring (bicyclic) bond motifs is 1. The SMILES string of the molecule is Nc1cc(B(O)O)cc2scc(Cl)c12. The summed E-state index contributed by atoms with van der Waals surface area (Å²) in [5.74, 6) is 0. The molecule has 3 nitrogen and oxygen atoms in total. The van der Waals surface area contributed by atoms with Gasteiger partial charge in [-0.1, -0.05) is 11.6 Å². The van der Waals surface area contributed by atoms with Crippen LogP contribution in [0, 0.1) is 0 Å². The fourth-order valence-electron chi connectivity index (χ4n) is 1.33. The first-order valence-corrected chi connectivity index (χ1v) is 5.17. The van der Waals surface area contributed by atoms with Gasteiger partial charge < -0.3 is 15.8 Å². The number of halogens is 1. The predicted molar refractivity (Wildman–Crippen MR) is 61.1 cm³/mol. The van der Waals surface area contributed by atoms with Crippen molar-refractivity contribution in [1.82, 2.24) is 0 Å². The molecule has 0 radical (unpaired) electrons. The van der Waals surface area contributed by atoms with Gasteiger partial charge in [0, 0.05) is 21.2 Å². The zero-order valence-corrected chi connectivity index (χ0v) is 8.64. The summed E-state index contributed by atoms with van der Waals surface area (Å²) in [4.78, 5) is 0. The molecule has 0 bridgehead atoms. The number of rotatable bonds is 1. The van der Waals surface area contributed by atoms with Crippen LogP contribution in [0.3, 0.4) is 0 Å². The molecule has 2 aromatic rings. The lowest BCUT2D eigenvalue weighted by molar-refractivity contribution is 0.426. The Morgan fingerprint density at radius 2 is 2.07 bits per heavy atom. The minimum Gasteiger partial charge on any atom is -0.423 e. The molecule has 0 atom stereocenters. The second kappa shape index (κ2) is 3.44. The van der Waals surface area contributed by atoms with E-state index in [0.717, 1.165) is 10.1 Å². The van der Waals surface area contributed by atoms with Crippen molar-refractivity contribution in [2.24, 2.45) is 0 Å². The van der Waals surface area contributed by atoms with Gasteiger partial charge in [-0.3, -0.25) is 0 Å². The summed E-state index contributed by atoms with van der Waals surface area (Å²) in [6.45, 7) is 0. The fraction of sp³-hybridized carbons (Fsp3) is 0. The van der Waals surface area contributed by atoms with Gasteiger partial charge >= 0.3 is 7.12 Å². The van der Waals surface area contributed by atoms with Crippen LogP contribution in [0.2, 0.25) is 5.02 Å². The van der Waals surface area contributed by atoms with E-state index in [-0.39, 0.29) is 0 Å². The van der Waals surface area contributed by atoms with Crippen LogP contribution < -0.4 is 11.2 Å². The normalized spacial score (nSPS) is 10.8. The highest BCUT2D eigenvalue weighted by Crippen LogP contribution is 2.33. The maximum absolute atomic E-state index is 8.99. The second-order valence-electron chi connectivity index (χ2n) is 2.94. The van der Waals surface area contributed by atoms with Crippen LogP contribution in [-0.4, -0.2) is 17.2 Å². The number of anilines is 1. The molecule has 1 heterocycles. The number of thiophene rings is 1. The van der Waals surface area contributed by atoms with Crippen LogP contribution in [0.15, 0.2) is 17.5 Å². The Morgan fingerprint density at radius 1 is 1.36 bits per heavy atom. The standard InChI is InChI=1S/C8H7BClNO2S/c10-5-3-14-7-2-4(9(12)13)1-6(11)8(5)7/h1-3,12-13H,11H2. The molecule has 0 saturated carbocycles. The van der Waals surface area contributed by atoms with Gasteiger partial charge in [-0.2, -0.15) is 0 Å². The Kier molecular flexibility index (Phi) is 2.40. The zero-order chi connectivity index (χ0) is 10.3. The topological polar surface area (TPSA) is 66.5 Å². The van der Waals surface area contributed by atoms with Crippen LogP contribution in [0.5, 0.6) is 0 Å². The number of hydrogen-bond donors (Lipinski definition) is 3. The quantitative estimate of drug-likeness (QED) is 0.499. The average molecular weight is 227 g/mol. The number of nitrogen functional groups attached to an aromatic ring is 1. The van der Waals surface area contributed by atoms with Crippen LogP contribution in [0.25, 0.3) is 10.1 Å². The minimum absolute atomic E-state index is 0.383. The Labute approximate surface area is 89.9 Å². The van der Waals surface area contributed by atoms with Gasteiger partial charge in [0.1, 0.15) is 0 Å². The molecular weight excluding hydrogens is 220 g/mol. The largest absolute Gasteiger partial charge is 0.488 e. The molecule has 6 heteroatoms. The first kappa shape index (κ1) is 9.80. The van der Waals surface area contributed by atoms with Crippen molar-refractivity contribution in [3.05, 3.63) is 22.5 Å². The molecule has 0 amide bonds. The van der Waals surface area contributed by atoms with E-state index in [1.165, 1.54) is 17.4 Å². The molecular formula is C8H7BClNO2S. The van der Waals surface area contributed by atoms with Crippen molar-refractivity contribution < 1.29 is 10.0 Å². The summed E-state index contributed by atoms with van der Waals surface area (Å²) in [5, 5.41) is 21.1. The fourth-order valence-corrected chi connectivity index (χ4v) is 2.63. The van der Waals surface area contributed by atoms with E-state index >= 15 is 0 Å². The number of benzene rings is 1. The highest BCUT2D eigenvalue weighted by atomic mass is 35.5. The van der Waals surface area contributed by atoms with Crippen molar-refractivity contribution in [3.8, 4) is 0 Å². The van der Waals surface area contributed by atoms with Gasteiger partial charge in [-0.15, -0.1) is 11.3 Å². The Bertz CT molecular complexity index is 485. The first-order valence-electron chi connectivity index (χ1n) is 3.92. The summed E-state index contributed by atoms with van der Waals surface area (Å²) < 4.78 is 0.859. The first-order chi connectivity index (χ1) is 6.59. The summed E-state index contributed by atoms with van der Waals surface area (Å²) >= 11 is 7.34. The number of nitrogens with two attached hydrogens (primary N) is 1. The molecule has 0 unspecified atom stereocenters. The average Bonchev–Trinajstić information content (AvgIpc) is 2.48. The Balaban J connectivity index is 2.74. The Hall–Kier alpha value is -0.745. The van der Waals surface area contributed by atoms with Crippen molar-refractivity contribution in [3.63, 3.8) is 0 Å². The lowest BCUT2D eigenvalue weighted by Crippen LogP contribution is -2.29. The molecule has 4 N–H and O–H groups in total. The van der Waals surface area contributed by atoms with Crippen molar-refractivity contribution >= 4 is 51.3 Å². The van der Waals surface area contributed by atoms with Gasteiger partial charge in [-0.05, 0) is 17.6 Å². The van der Waals surface area contributed by atoms with Gasteiger partial charge in [0.15, 0.2) is 0 Å². The van der Waals surface area contributed by atoms with E-state index in [1.54, 1.807) is 11.4 Å². The van der Waals surface area contributed by atoms with Gasteiger partial charge in [0.25, 0.3) is 0 Å². The molecule has 0 aliphatic carbocycles. The molecule has 0 aliphatic heterocycles. The summed E-state index contributed by atoms with van der Waals surface area (Å²) in [6, 6.07) is 3.19. The van der Waals surface area contributed by atoms with Crippen molar-refractivity contribution in [2.45, 2.75) is 0 Å². The van der Waals surface area contributed by atoms with Gasteiger partial charge in [-0.25, -0.2) is 0 Å². The lowest BCUT2D eigenvalue weighted by atomic mass is 9.80. The van der Waals surface area contributed by atoms with E-state index < -0.39 is 7.12 Å². The predicted octanol–water partition coefficient (Wildman–Crippen LogP) is 0.817. The van der Waals surface area contributed by atoms with Crippen LogP contribution in [-0.2, 0) is 0 Å². The van der Waals surface area contributed by atoms with E-state index in [9.17, 15) is 0 Å². The van der Waals surface area contributed by atoms with E-state index in [0.29, 0.717) is 16.2 Å². The zero-order valence-electron chi connectivity index (χ0n) is 7.07. The molecule has 72 valence electrons. The number of hydrogen-bond acceptors (Lipinski definition) is 4. The Morgan fingerprint density at radius 3 is 2.71 bits per heavy atom. The lowest BCUT2D eigenvalue weighted by Gasteiger charge is -2.02. The van der Waals surface area contributed by atoms with E-state index in [1.807, 2.05) is 0 Å². The molecule has 2 rings (SSSR count). The molecule has 0 fully saturated rings. The van der Waals surface area contributed by atoms with Crippen LogP contribution >= 0.6 is 22.9 Å². The maximum Gasteiger partial charge on any atom is 0.488 e. The maximum atomic E-state index is 8.99. The summed E-state index contributed by atoms with van der Waals surface area (Å²) in [7, 11) is -1.50. The molecule has 1 aromatic carbocycles. The summed E-state index contributed by atoms with van der Waals surface area (Å²) in [5.41, 5.74) is 6.59. The van der Waals surface area contributed by atoms with Crippen molar-refractivity contribution in [1.29, 1.82) is 0 Å². The van der Waals surface area contributed by atoms with Gasteiger partial charge in [0.2, 0.25) is 0 Å². The van der Waals surface area contributed by atoms with Crippen LogP contribution in [0.1, 0.15) is 0 Å². The van der Waals surface area contributed by atoms with E-state index in [4.69, 9.17) is 27.4 Å². The van der Waals surface area contributed by atoms with Crippen molar-refractivity contribution in [2.75, 3.05) is 5.73 Å². The summed E-state index contributed by atoms with van der Waals surface area (Å²) in [6.07, 6.45) is 0. The smallest absolute Gasteiger partial charge is 0.423 e. The molecule has 0 spiro atoms. The van der Waals surface area contributed by atoms with Gasteiger partial charge in [0.05, 0.1) is 5.02 Å². The third-order valence-corrected chi connectivity index (χ3v) is 3.34. The molecule has 0 saturated heterocycles. The highest BCUT2D eigenvalue weighted by Gasteiger charge is 2.15. The molecule has 14 heavy (non-hydrogen) atoms. The monoisotopic (exact) mass is 227 g/mol. The third-order valence-electron chi connectivity index (χ3n) is 1.98. The highest BCUT2D eigenvalue weighted by molar-refractivity contribution is 7.18. The second-order valence-corrected chi connectivity index (χ2v) is 4.26. The molecule has 1 aromatic heterocycles. The van der Waals surface area contributed by atoms with E-state index in [2.05, 4.69) is 0 Å².